The molecule has 0 heterocycles. The number of methoxy groups -OCH3 is 1. The maximum absolute atomic E-state index is 12.3. The Bertz CT molecular complexity index is 660. The number of halogens is 2. The predicted molar refractivity (Wildman–Crippen MR) is 88.0 cm³/mol. The molecule has 0 saturated carbocycles. The van der Waals surface area contributed by atoms with Gasteiger partial charge in [-0.25, -0.2) is 0 Å². The number of hydrogen-bond donors (Lipinski definition) is 1. The third-order valence-electron chi connectivity index (χ3n) is 3.13. The van der Waals surface area contributed by atoms with Crippen LogP contribution in [0.2, 0.25) is 5.02 Å². The highest BCUT2D eigenvalue weighted by atomic mass is 79.9. The zero-order valence-corrected chi connectivity index (χ0v) is 14.0. The molecular weight excluding hydrogens is 354 g/mol. The minimum absolute atomic E-state index is 0.191. The Morgan fingerprint density at radius 1 is 1.29 bits per heavy atom. The zero-order chi connectivity index (χ0) is 15.4. The number of para-hydroxylation sites is 1. The Labute approximate surface area is 137 Å². The lowest BCUT2D eigenvalue weighted by Gasteiger charge is -2.17. The van der Waals surface area contributed by atoms with Gasteiger partial charge < -0.3 is 10.1 Å². The highest BCUT2D eigenvalue weighted by molar-refractivity contribution is 9.10. The lowest BCUT2D eigenvalue weighted by molar-refractivity contribution is 0.0939. The van der Waals surface area contributed by atoms with Gasteiger partial charge in [0.25, 0.3) is 5.91 Å². The summed E-state index contributed by atoms with van der Waals surface area (Å²) in [5.74, 6) is 0.519. The van der Waals surface area contributed by atoms with E-state index in [0.717, 1.165) is 15.8 Å². The van der Waals surface area contributed by atoms with Crippen molar-refractivity contribution < 1.29 is 9.53 Å². The van der Waals surface area contributed by atoms with Gasteiger partial charge in [-0.15, -0.1) is 0 Å². The van der Waals surface area contributed by atoms with Crippen molar-refractivity contribution in [1.82, 2.24) is 5.32 Å². The molecule has 0 bridgehead atoms. The summed E-state index contributed by atoms with van der Waals surface area (Å²) in [6, 6.07) is 12.6. The molecule has 0 aromatic heterocycles. The molecule has 0 fully saturated rings. The average Bonchev–Trinajstić information content (AvgIpc) is 2.49. The number of carbonyl (C=O) groups excluding carboxylic acids is 1. The molecule has 0 aliphatic rings. The van der Waals surface area contributed by atoms with Gasteiger partial charge in [-0.3, -0.25) is 4.79 Å². The van der Waals surface area contributed by atoms with Crippen LogP contribution >= 0.6 is 27.5 Å². The molecule has 0 spiro atoms. The van der Waals surface area contributed by atoms with E-state index >= 15 is 0 Å². The summed E-state index contributed by atoms with van der Waals surface area (Å²) in [6.45, 7) is 1.90. The molecule has 110 valence electrons. The first-order valence-corrected chi connectivity index (χ1v) is 7.59. The van der Waals surface area contributed by atoms with Crippen molar-refractivity contribution in [3.8, 4) is 5.75 Å². The largest absolute Gasteiger partial charge is 0.496 e. The lowest BCUT2D eigenvalue weighted by Crippen LogP contribution is -2.27. The number of amides is 1. The van der Waals surface area contributed by atoms with Crippen molar-refractivity contribution in [1.29, 1.82) is 0 Å². The smallest absolute Gasteiger partial charge is 0.253 e. The molecule has 0 aliphatic heterocycles. The standard InChI is InChI=1S/C16H15BrClNO2/c1-10(12-5-3-4-6-15(12)21-2)19-16(20)13-9-11(17)7-8-14(13)18/h3-10H,1-2H3,(H,19,20). The summed E-state index contributed by atoms with van der Waals surface area (Å²) < 4.78 is 6.12. The first-order valence-electron chi connectivity index (χ1n) is 6.41. The van der Waals surface area contributed by atoms with Gasteiger partial charge >= 0.3 is 0 Å². The van der Waals surface area contributed by atoms with E-state index in [1.165, 1.54) is 0 Å². The van der Waals surface area contributed by atoms with E-state index in [2.05, 4.69) is 21.2 Å². The van der Waals surface area contributed by atoms with Gasteiger partial charge in [0.2, 0.25) is 0 Å². The normalized spacial score (nSPS) is 11.8. The Balaban J connectivity index is 2.21. The SMILES string of the molecule is COc1ccccc1C(C)NC(=O)c1cc(Br)ccc1Cl. The van der Waals surface area contributed by atoms with Crippen molar-refractivity contribution >= 4 is 33.4 Å². The predicted octanol–water partition coefficient (Wildman–Crippen LogP) is 4.60. The fraction of sp³-hybridized carbons (Fsp3) is 0.188. The average molecular weight is 369 g/mol. The molecule has 2 rings (SSSR count). The van der Waals surface area contributed by atoms with Crippen LogP contribution in [0.1, 0.15) is 28.9 Å². The van der Waals surface area contributed by atoms with E-state index in [4.69, 9.17) is 16.3 Å². The third-order valence-corrected chi connectivity index (χ3v) is 3.95. The quantitative estimate of drug-likeness (QED) is 0.856. The fourth-order valence-corrected chi connectivity index (χ4v) is 2.61. The number of benzene rings is 2. The summed E-state index contributed by atoms with van der Waals surface area (Å²) in [5, 5.41) is 3.35. The van der Waals surface area contributed by atoms with E-state index < -0.39 is 0 Å². The highest BCUT2D eigenvalue weighted by Crippen LogP contribution is 2.26. The van der Waals surface area contributed by atoms with E-state index in [9.17, 15) is 4.79 Å². The molecular formula is C16H15BrClNO2. The zero-order valence-electron chi connectivity index (χ0n) is 11.7. The highest BCUT2D eigenvalue weighted by Gasteiger charge is 2.16. The number of hydrogen-bond acceptors (Lipinski definition) is 2. The van der Waals surface area contributed by atoms with Crippen LogP contribution in [0.5, 0.6) is 5.75 Å². The fourth-order valence-electron chi connectivity index (χ4n) is 2.05. The van der Waals surface area contributed by atoms with Gasteiger partial charge in [0, 0.05) is 10.0 Å². The second kappa shape index (κ2) is 6.96. The molecule has 1 N–H and O–H groups in total. The molecule has 1 amide bonds. The Hall–Kier alpha value is -1.52. The summed E-state index contributed by atoms with van der Waals surface area (Å²) in [4.78, 5) is 12.3. The number of ether oxygens (including phenoxy) is 1. The Morgan fingerprint density at radius 2 is 2.00 bits per heavy atom. The third kappa shape index (κ3) is 3.77. The molecule has 1 unspecified atom stereocenters. The van der Waals surface area contributed by atoms with Crippen LogP contribution in [0.3, 0.4) is 0 Å². The van der Waals surface area contributed by atoms with Crippen molar-refractivity contribution in [2.75, 3.05) is 7.11 Å². The topological polar surface area (TPSA) is 38.3 Å². The lowest BCUT2D eigenvalue weighted by atomic mass is 10.1. The van der Waals surface area contributed by atoms with Crippen molar-refractivity contribution in [2.45, 2.75) is 13.0 Å². The number of rotatable bonds is 4. The molecule has 0 radical (unpaired) electrons. The van der Waals surface area contributed by atoms with Gasteiger partial charge in [-0.1, -0.05) is 45.7 Å². The van der Waals surface area contributed by atoms with Crippen LogP contribution in [0.15, 0.2) is 46.9 Å². The summed E-state index contributed by atoms with van der Waals surface area (Å²) >= 11 is 9.41. The molecule has 5 heteroatoms. The van der Waals surface area contributed by atoms with Crippen molar-refractivity contribution in [2.24, 2.45) is 0 Å². The first kappa shape index (κ1) is 15.9. The summed E-state index contributed by atoms with van der Waals surface area (Å²) in [5.41, 5.74) is 1.35. The van der Waals surface area contributed by atoms with Crippen molar-refractivity contribution in [3.05, 3.63) is 63.1 Å². The molecule has 1 atom stereocenters. The van der Waals surface area contributed by atoms with Crippen molar-refractivity contribution in [3.63, 3.8) is 0 Å². The van der Waals surface area contributed by atoms with Crippen LogP contribution in [-0.2, 0) is 0 Å². The second-order valence-electron chi connectivity index (χ2n) is 4.56. The molecule has 2 aromatic carbocycles. The first-order chi connectivity index (χ1) is 10.0. The minimum atomic E-state index is -0.222. The molecule has 2 aromatic rings. The number of nitrogens with one attached hydrogen (secondary N) is 1. The van der Waals surface area contributed by atoms with Crippen LogP contribution in [0, 0.1) is 0 Å². The molecule has 21 heavy (non-hydrogen) atoms. The monoisotopic (exact) mass is 367 g/mol. The Kier molecular flexibility index (Phi) is 5.26. The molecule has 3 nitrogen and oxygen atoms in total. The van der Waals surface area contributed by atoms with Crippen LogP contribution in [0.25, 0.3) is 0 Å². The maximum Gasteiger partial charge on any atom is 0.253 e. The van der Waals surface area contributed by atoms with E-state index in [1.807, 2.05) is 31.2 Å². The van der Waals surface area contributed by atoms with Crippen LogP contribution in [-0.4, -0.2) is 13.0 Å². The van der Waals surface area contributed by atoms with Gasteiger partial charge in [0.15, 0.2) is 0 Å². The van der Waals surface area contributed by atoms with Crippen LogP contribution in [0.4, 0.5) is 0 Å². The number of carbonyl (C=O) groups is 1. The van der Waals surface area contributed by atoms with Gasteiger partial charge in [0.1, 0.15) is 5.75 Å². The van der Waals surface area contributed by atoms with Gasteiger partial charge in [-0.05, 0) is 31.2 Å². The van der Waals surface area contributed by atoms with E-state index in [0.29, 0.717) is 10.6 Å². The summed E-state index contributed by atoms with van der Waals surface area (Å²) in [6.07, 6.45) is 0. The van der Waals surface area contributed by atoms with Gasteiger partial charge in [0.05, 0.1) is 23.7 Å². The molecule has 0 saturated heterocycles. The maximum atomic E-state index is 12.3. The van der Waals surface area contributed by atoms with E-state index in [-0.39, 0.29) is 11.9 Å². The van der Waals surface area contributed by atoms with Crippen LogP contribution < -0.4 is 10.1 Å². The van der Waals surface area contributed by atoms with E-state index in [1.54, 1.807) is 25.3 Å². The molecule has 0 aliphatic carbocycles. The Morgan fingerprint density at radius 3 is 2.71 bits per heavy atom. The minimum Gasteiger partial charge on any atom is -0.496 e. The second-order valence-corrected chi connectivity index (χ2v) is 5.88. The summed E-state index contributed by atoms with van der Waals surface area (Å²) in [7, 11) is 1.61. The van der Waals surface area contributed by atoms with Gasteiger partial charge in [-0.2, -0.15) is 0 Å².